The van der Waals surface area contributed by atoms with Crippen molar-refractivity contribution >= 4 is 49.4 Å². The minimum Gasteiger partial charge on any atom is -0.360 e. The zero-order valence-corrected chi connectivity index (χ0v) is 20.9. The number of ether oxygens (including phenoxy) is 1. The molecule has 0 radical (unpaired) electrons. The van der Waals surface area contributed by atoms with Gasteiger partial charge in [0.15, 0.2) is 6.29 Å². The van der Waals surface area contributed by atoms with Gasteiger partial charge in [0.1, 0.15) is 10.9 Å². The molecule has 32 heavy (non-hydrogen) atoms. The number of rotatable bonds is 4. The molecule has 1 atom stereocenters. The maximum atomic E-state index is 12.3. The molecule has 0 aliphatic heterocycles. The maximum absolute atomic E-state index is 12.3. The van der Waals surface area contributed by atoms with Crippen molar-refractivity contribution < 1.29 is 9.53 Å². The van der Waals surface area contributed by atoms with Crippen molar-refractivity contribution in [2.45, 2.75) is 72.0 Å². The average molecular weight is 465 g/mol. The van der Waals surface area contributed by atoms with Gasteiger partial charge in [0.05, 0.1) is 20.8 Å². The molecule has 3 aromatic heterocycles. The van der Waals surface area contributed by atoms with Crippen LogP contribution < -0.4 is 0 Å². The smallest absolute Gasteiger partial charge is 0.153 e. The third-order valence-corrected chi connectivity index (χ3v) is 8.14. The number of carbonyl (C=O) groups excluding carboxylic acids is 1. The lowest BCUT2D eigenvalue weighted by Gasteiger charge is -2.27. The monoisotopic (exact) mass is 464 g/mol. The van der Waals surface area contributed by atoms with Crippen molar-refractivity contribution in [1.82, 2.24) is 9.97 Å². The lowest BCUT2D eigenvalue weighted by molar-refractivity contribution is -0.128. The summed E-state index contributed by atoms with van der Waals surface area (Å²) < 4.78 is 7.44. The van der Waals surface area contributed by atoms with Crippen molar-refractivity contribution in [2.24, 2.45) is 0 Å². The number of thiophene rings is 1. The van der Waals surface area contributed by atoms with Crippen LogP contribution in [0, 0.1) is 13.8 Å². The van der Waals surface area contributed by atoms with E-state index in [2.05, 4.69) is 18.2 Å². The molecule has 6 heteroatoms. The van der Waals surface area contributed by atoms with Gasteiger partial charge >= 0.3 is 0 Å². The Balaban J connectivity index is 1.85. The summed E-state index contributed by atoms with van der Waals surface area (Å²) in [6.07, 6.45) is 4.86. The Morgan fingerprint density at radius 1 is 1.09 bits per heavy atom. The van der Waals surface area contributed by atoms with E-state index < -0.39 is 11.7 Å². The lowest BCUT2D eigenvalue weighted by atomic mass is 9.88. The van der Waals surface area contributed by atoms with E-state index in [1.807, 2.05) is 46.0 Å². The second-order valence-electron chi connectivity index (χ2n) is 9.58. The number of hydrogen-bond donors (Lipinski definition) is 0. The number of nitrogens with zero attached hydrogens (tertiary/aromatic N) is 2. The third kappa shape index (κ3) is 3.78. The Kier molecular flexibility index (Phi) is 5.43. The standard InChI is InChI=1S/C26H28N2O2S2/c1-14-22(19(13-29)30-26(3,4)5)23(16-10-11-21-18(12-16)28-15(2)31-21)24-17-8-6-7-9-20(17)32-25(24)27-14/h10-13,19H,6-9H2,1-5H3. The molecule has 1 aliphatic rings. The molecular formula is C26H28N2O2S2. The third-order valence-electron chi connectivity index (χ3n) is 6.00. The van der Waals surface area contributed by atoms with Crippen molar-refractivity contribution in [3.8, 4) is 11.1 Å². The van der Waals surface area contributed by atoms with Crippen LogP contribution in [0.1, 0.15) is 66.4 Å². The topological polar surface area (TPSA) is 52.1 Å². The van der Waals surface area contributed by atoms with Gasteiger partial charge in [-0.3, -0.25) is 0 Å². The number of fused-ring (bicyclic) bond motifs is 4. The Morgan fingerprint density at radius 3 is 2.62 bits per heavy atom. The van der Waals surface area contributed by atoms with E-state index in [9.17, 15) is 4.79 Å². The SMILES string of the molecule is Cc1nc2cc(-c3c(C(C=O)OC(C)(C)C)c(C)nc4sc5c(c34)CCCC5)ccc2s1. The van der Waals surface area contributed by atoms with E-state index >= 15 is 0 Å². The highest BCUT2D eigenvalue weighted by molar-refractivity contribution is 7.19. The van der Waals surface area contributed by atoms with Crippen LogP contribution in [0.15, 0.2) is 18.2 Å². The number of aldehydes is 1. The molecule has 1 aliphatic carbocycles. The number of aryl methyl sites for hydroxylation is 4. The van der Waals surface area contributed by atoms with E-state index in [1.165, 1.54) is 33.4 Å². The summed E-state index contributed by atoms with van der Waals surface area (Å²) in [5, 5.41) is 2.27. The first-order chi connectivity index (χ1) is 15.2. The van der Waals surface area contributed by atoms with Gasteiger partial charge in [0, 0.05) is 27.1 Å². The molecule has 0 spiro atoms. The van der Waals surface area contributed by atoms with Crippen molar-refractivity contribution in [3.05, 3.63) is 44.9 Å². The van der Waals surface area contributed by atoms with Gasteiger partial charge in [-0.15, -0.1) is 22.7 Å². The summed E-state index contributed by atoms with van der Waals surface area (Å²) in [5.74, 6) is 0. The molecule has 4 nitrogen and oxygen atoms in total. The highest BCUT2D eigenvalue weighted by Gasteiger charge is 2.30. The fraction of sp³-hybridized carbons (Fsp3) is 0.423. The fourth-order valence-corrected chi connectivity index (χ4v) is 6.92. The molecule has 4 aromatic rings. The van der Waals surface area contributed by atoms with E-state index in [0.717, 1.165) is 56.9 Å². The number of pyridine rings is 1. The Bertz CT molecular complexity index is 1340. The number of aromatic nitrogens is 2. The first-order valence-corrected chi connectivity index (χ1v) is 12.8. The molecule has 0 bridgehead atoms. The van der Waals surface area contributed by atoms with Crippen LogP contribution in [0.25, 0.3) is 31.6 Å². The lowest BCUT2D eigenvalue weighted by Crippen LogP contribution is -2.24. The van der Waals surface area contributed by atoms with Gasteiger partial charge in [0.2, 0.25) is 0 Å². The van der Waals surface area contributed by atoms with E-state index in [-0.39, 0.29) is 0 Å². The van der Waals surface area contributed by atoms with Crippen LogP contribution in [0.3, 0.4) is 0 Å². The number of thiazole rings is 1. The first-order valence-electron chi connectivity index (χ1n) is 11.2. The largest absolute Gasteiger partial charge is 0.360 e. The minimum absolute atomic E-state index is 0.450. The fourth-order valence-electron chi connectivity index (χ4n) is 4.80. The minimum atomic E-state index is -0.672. The molecule has 0 fully saturated rings. The van der Waals surface area contributed by atoms with Crippen molar-refractivity contribution in [3.63, 3.8) is 0 Å². The summed E-state index contributed by atoms with van der Waals surface area (Å²) in [7, 11) is 0. The zero-order valence-electron chi connectivity index (χ0n) is 19.2. The summed E-state index contributed by atoms with van der Waals surface area (Å²) in [6.45, 7) is 10.0. The quantitative estimate of drug-likeness (QED) is 0.302. The van der Waals surface area contributed by atoms with Gasteiger partial charge in [0.25, 0.3) is 0 Å². The van der Waals surface area contributed by atoms with E-state index in [1.54, 1.807) is 11.3 Å². The van der Waals surface area contributed by atoms with Crippen molar-refractivity contribution in [2.75, 3.05) is 0 Å². The summed E-state index contributed by atoms with van der Waals surface area (Å²) >= 11 is 3.53. The zero-order chi connectivity index (χ0) is 22.6. The van der Waals surface area contributed by atoms with Crippen molar-refractivity contribution in [1.29, 1.82) is 0 Å². The maximum Gasteiger partial charge on any atom is 0.153 e. The highest BCUT2D eigenvalue weighted by Crippen LogP contribution is 2.45. The molecule has 0 saturated carbocycles. The van der Waals surface area contributed by atoms with Gasteiger partial charge in [-0.2, -0.15) is 0 Å². The normalized spacial score (nSPS) is 15.3. The second-order valence-corrected chi connectivity index (χ2v) is 11.9. The average Bonchev–Trinajstić information content (AvgIpc) is 3.28. The Labute approximate surface area is 196 Å². The predicted molar refractivity (Wildman–Crippen MR) is 134 cm³/mol. The molecular weight excluding hydrogens is 436 g/mol. The number of carbonyl (C=O) groups is 1. The summed E-state index contributed by atoms with van der Waals surface area (Å²) in [6, 6.07) is 6.49. The van der Waals surface area contributed by atoms with Gasteiger partial charge in [-0.1, -0.05) is 6.07 Å². The van der Waals surface area contributed by atoms with Gasteiger partial charge in [-0.05, 0) is 83.6 Å². The number of benzene rings is 1. The molecule has 0 saturated heterocycles. The summed E-state index contributed by atoms with van der Waals surface area (Å²) in [5.41, 5.74) is 5.90. The molecule has 5 rings (SSSR count). The first kappa shape index (κ1) is 21.7. The summed E-state index contributed by atoms with van der Waals surface area (Å²) in [4.78, 5) is 24.6. The van der Waals surface area contributed by atoms with Crippen LogP contribution in [-0.4, -0.2) is 21.9 Å². The van der Waals surface area contributed by atoms with Gasteiger partial charge < -0.3 is 9.53 Å². The van der Waals surface area contributed by atoms with Crippen LogP contribution >= 0.6 is 22.7 Å². The molecule has 3 heterocycles. The molecule has 0 N–H and O–H groups in total. The van der Waals surface area contributed by atoms with Crippen LogP contribution in [-0.2, 0) is 22.4 Å². The van der Waals surface area contributed by atoms with Gasteiger partial charge in [-0.25, -0.2) is 9.97 Å². The van der Waals surface area contributed by atoms with Crippen LogP contribution in [0.5, 0.6) is 0 Å². The molecule has 1 aromatic carbocycles. The van der Waals surface area contributed by atoms with Crippen LogP contribution in [0.2, 0.25) is 0 Å². The number of hydrogen-bond acceptors (Lipinski definition) is 6. The molecule has 1 unspecified atom stereocenters. The van der Waals surface area contributed by atoms with E-state index in [4.69, 9.17) is 14.7 Å². The van der Waals surface area contributed by atoms with Crippen LogP contribution in [0.4, 0.5) is 0 Å². The molecule has 166 valence electrons. The Hall–Kier alpha value is -2.15. The second kappa shape index (κ2) is 8.01. The van der Waals surface area contributed by atoms with E-state index in [0.29, 0.717) is 0 Å². The molecule has 0 amide bonds. The predicted octanol–water partition coefficient (Wildman–Crippen LogP) is 7.12. The Morgan fingerprint density at radius 2 is 1.88 bits per heavy atom. The highest BCUT2D eigenvalue weighted by atomic mass is 32.1.